The van der Waals surface area contributed by atoms with Crippen LogP contribution in [0.5, 0.6) is 0 Å². The molecule has 10 heteroatoms. The number of aromatic nitrogens is 3. The van der Waals surface area contributed by atoms with Gasteiger partial charge in [0.2, 0.25) is 5.91 Å². The highest BCUT2D eigenvalue weighted by molar-refractivity contribution is 7.99. The van der Waals surface area contributed by atoms with Gasteiger partial charge in [-0.1, -0.05) is 36.4 Å². The van der Waals surface area contributed by atoms with Gasteiger partial charge in [0.15, 0.2) is 5.16 Å². The number of thioether (sulfide) groups is 1. The molecule has 0 unspecified atom stereocenters. The fraction of sp³-hybridized carbons (Fsp3) is 0.312. The minimum absolute atomic E-state index is 0.0223. The molecule has 140 valence electrons. The van der Waals surface area contributed by atoms with Crippen molar-refractivity contribution in [1.82, 2.24) is 14.8 Å². The number of allylic oxidation sites excluding steroid dienone is 1. The Balaban J connectivity index is 2.04. The number of halogens is 4. The molecule has 1 heterocycles. The van der Waals surface area contributed by atoms with Gasteiger partial charge in [-0.2, -0.15) is 13.2 Å². The molecule has 2 aromatic rings. The van der Waals surface area contributed by atoms with Crippen LogP contribution in [-0.4, -0.2) is 26.4 Å². The first kappa shape index (κ1) is 20.3. The van der Waals surface area contributed by atoms with Crippen LogP contribution < -0.4 is 5.32 Å². The van der Waals surface area contributed by atoms with E-state index in [-0.39, 0.29) is 11.4 Å². The number of nitrogens with zero attached hydrogens (tertiary/aromatic N) is 3. The number of rotatable bonds is 7. The first-order valence-corrected chi connectivity index (χ1v) is 8.95. The number of carbonyl (C=O) groups is 1. The van der Waals surface area contributed by atoms with Crippen molar-refractivity contribution in [1.29, 1.82) is 0 Å². The summed E-state index contributed by atoms with van der Waals surface area (Å²) < 4.78 is 40.4. The third-order valence-electron chi connectivity index (χ3n) is 3.31. The lowest BCUT2D eigenvalue weighted by Crippen LogP contribution is -2.16. The summed E-state index contributed by atoms with van der Waals surface area (Å²) in [4.78, 5) is 12.1. The molecular weight excluding hydrogens is 389 g/mol. The molecule has 2 rings (SSSR count). The van der Waals surface area contributed by atoms with E-state index in [9.17, 15) is 18.0 Å². The molecule has 1 aromatic heterocycles. The molecule has 0 atom stereocenters. The fourth-order valence-corrected chi connectivity index (χ4v) is 3.14. The van der Waals surface area contributed by atoms with Gasteiger partial charge in [0.1, 0.15) is 5.82 Å². The van der Waals surface area contributed by atoms with E-state index >= 15 is 0 Å². The number of alkyl halides is 3. The highest BCUT2D eigenvalue weighted by Crippen LogP contribution is 2.36. The van der Waals surface area contributed by atoms with Crippen LogP contribution >= 0.6 is 23.4 Å². The summed E-state index contributed by atoms with van der Waals surface area (Å²) in [6, 6.07) is 3.22. The monoisotopic (exact) mass is 404 g/mol. The molecule has 0 aliphatic rings. The minimum atomic E-state index is -4.59. The predicted molar refractivity (Wildman–Crippen MR) is 95.4 cm³/mol. The Morgan fingerprint density at radius 1 is 1.42 bits per heavy atom. The van der Waals surface area contributed by atoms with Crippen molar-refractivity contribution in [2.75, 3.05) is 11.1 Å². The molecule has 0 fully saturated rings. The zero-order valence-electron chi connectivity index (χ0n) is 13.8. The lowest BCUT2D eigenvalue weighted by Gasteiger charge is -2.12. The average molecular weight is 405 g/mol. The topological polar surface area (TPSA) is 59.8 Å². The number of nitrogens with one attached hydrogen (secondary N) is 1. The Hall–Kier alpha value is -2.00. The summed E-state index contributed by atoms with van der Waals surface area (Å²) in [6.07, 6.45) is -2.22. The Bertz CT molecular complexity index is 807. The molecule has 0 saturated heterocycles. The summed E-state index contributed by atoms with van der Waals surface area (Å²) in [7, 11) is 0. The van der Waals surface area contributed by atoms with E-state index in [1.165, 1.54) is 6.07 Å². The maximum absolute atomic E-state index is 12.9. The van der Waals surface area contributed by atoms with Gasteiger partial charge in [0, 0.05) is 18.7 Å². The highest BCUT2D eigenvalue weighted by atomic mass is 35.5. The van der Waals surface area contributed by atoms with Crippen LogP contribution in [-0.2, 0) is 23.9 Å². The smallest absolute Gasteiger partial charge is 0.325 e. The van der Waals surface area contributed by atoms with Crippen molar-refractivity contribution in [2.24, 2.45) is 0 Å². The van der Waals surface area contributed by atoms with Gasteiger partial charge in [-0.15, -0.1) is 16.8 Å². The Morgan fingerprint density at radius 2 is 2.15 bits per heavy atom. The molecular formula is C16H16ClF3N4OS. The molecule has 1 N–H and O–H groups in total. The molecule has 0 saturated carbocycles. The third kappa shape index (κ3) is 5.01. The van der Waals surface area contributed by atoms with Crippen LogP contribution in [0.1, 0.15) is 18.3 Å². The van der Waals surface area contributed by atoms with E-state index in [0.717, 1.165) is 29.7 Å². The Morgan fingerprint density at radius 3 is 2.77 bits per heavy atom. The normalized spacial score (nSPS) is 11.4. The average Bonchev–Trinajstić information content (AvgIpc) is 2.96. The number of anilines is 1. The lowest BCUT2D eigenvalue weighted by molar-refractivity contribution is -0.137. The van der Waals surface area contributed by atoms with E-state index in [4.69, 9.17) is 11.6 Å². The van der Waals surface area contributed by atoms with Crippen molar-refractivity contribution in [3.63, 3.8) is 0 Å². The molecule has 1 amide bonds. The van der Waals surface area contributed by atoms with Gasteiger partial charge in [-0.3, -0.25) is 4.79 Å². The molecule has 0 aliphatic carbocycles. The zero-order valence-corrected chi connectivity index (χ0v) is 15.4. The van der Waals surface area contributed by atoms with E-state index in [0.29, 0.717) is 18.1 Å². The van der Waals surface area contributed by atoms with E-state index in [2.05, 4.69) is 22.1 Å². The lowest BCUT2D eigenvalue weighted by atomic mass is 10.2. The number of carbonyl (C=O) groups excluding carboxylic acids is 1. The van der Waals surface area contributed by atoms with Crippen LogP contribution in [0.3, 0.4) is 0 Å². The Labute approximate surface area is 157 Å². The van der Waals surface area contributed by atoms with Crippen LogP contribution in [0.25, 0.3) is 0 Å². The molecule has 0 spiro atoms. The molecule has 0 aliphatic heterocycles. The quantitative estimate of drug-likeness (QED) is 0.548. The van der Waals surface area contributed by atoms with Crippen molar-refractivity contribution in [2.45, 2.75) is 31.2 Å². The second kappa shape index (κ2) is 8.59. The first-order valence-electron chi connectivity index (χ1n) is 7.58. The molecule has 26 heavy (non-hydrogen) atoms. The molecule has 0 radical (unpaired) electrons. The molecule has 5 nitrogen and oxygen atoms in total. The van der Waals surface area contributed by atoms with Gasteiger partial charge in [0.05, 0.1) is 16.3 Å². The van der Waals surface area contributed by atoms with Crippen molar-refractivity contribution in [3.05, 3.63) is 47.3 Å². The summed E-state index contributed by atoms with van der Waals surface area (Å²) in [5.74, 6) is 0.278. The van der Waals surface area contributed by atoms with E-state index in [1.54, 1.807) is 6.08 Å². The summed E-state index contributed by atoms with van der Waals surface area (Å²) in [6.45, 7) is 6.11. The van der Waals surface area contributed by atoms with Crippen LogP contribution in [0.2, 0.25) is 5.02 Å². The molecule has 0 bridgehead atoms. The van der Waals surface area contributed by atoms with Gasteiger partial charge < -0.3 is 9.88 Å². The second-order valence-electron chi connectivity index (χ2n) is 5.18. The van der Waals surface area contributed by atoms with Crippen LogP contribution in [0.15, 0.2) is 36.0 Å². The largest absolute Gasteiger partial charge is 0.417 e. The number of hydrogen-bond donors (Lipinski definition) is 1. The van der Waals surface area contributed by atoms with Crippen LogP contribution in [0, 0.1) is 0 Å². The SMILES string of the molecule is C=CCn1c(CC)nnc1SCC(=O)Nc1ccc(Cl)c(C(F)(F)F)c1. The van der Waals surface area contributed by atoms with Gasteiger partial charge in [-0.05, 0) is 18.2 Å². The molecule has 1 aromatic carbocycles. The highest BCUT2D eigenvalue weighted by Gasteiger charge is 2.33. The number of benzene rings is 1. The van der Waals surface area contributed by atoms with Gasteiger partial charge >= 0.3 is 6.18 Å². The Kier molecular flexibility index (Phi) is 6.71. The van der Waals surface area contributed by atoms with E-state index < -0.39 is 22.7 Å². The second-order valence-corrected chi connectivity index (χ2v) is 6.53. The predicted octanol–water partition coefficient (Wildman–Crippen LogP) is 4.43. The van der Waals surface area contributed by atoms with E-state index in [1.807, 2.05) is 11.5 Å². The maximum atomic E-state index is 12.9. The fourth-order valence-electron chi connectivity index (χ4n) is 2.15. The number of aryl methyl sites for hydroxylation is 1. The maximum Gasteiger partial charge on any atom is 0.417 e. The van der Waals surface area contributed by atoms with Crippen LogP contribution in [0.4, 0.5) is 18.9 Å². The van der Waals surface area contributed by atoms with Crippen molar-refractivity contribution < 1.29 is 18.0 Å². The van der Waals surface area contributed by atoms with Crippen molar-refractivity contribution >= 4 is 35.0 Å². The first-order chi connectivity index (χ1) is 12.3. The minimum Gasteiger partial charge on any atom is -0.325 e. The third-order valence-corrected chi connectivity index (χ3v) is 4.61. The number of hydrogen-bond acceptors (Lipinski definition) is 4. The number of amides is 1. The summed E-state index contributed by atoms with van der Waals surface area (Å²) >= 11 is 6.70. The zero-order chi connectivity index (χ0) is 19.3. The van der Waals surface area contributed by atoms with Gasteiger partial charge in [-0.25, -0.2) is 0 Å². The van der Waals surface area contributed by atoms with Crippen molar-refractivity contribution in [3.8, 4) is 0 Å². The van der Waals surface area contributed by atoms with Gasteiger partial charge in [0.25, 0.3) is 0 Å². The summed E-state index contributed by atoms with van der Waals surface area (Å²) in [5.41, 5.74) is -0.975. The standard InChI is InChI=1S/C16H16ClF3N4OS/c1-3-7-24-13(4-2)22-23-15(24)26-9-14(25)21-10-5-6-12(17)11(8-10)16(18,19)20/h3,5-6,8H,1,4,7,9H2,2H3,(H,21,25). The summed E-state index contributed by atoms with van der Waals surface area (Å²) in [5, 5.41) is 10.6.